The average molecular weight is 470 g/mol. The van der Waals surface area contributed by atoms with Gasteiger partial charge in [0.05, 0.1) is 41.4 Å². The summed E-state index contributed by atoms with van der Waals surface area (Å²) in [4.78, 5) is 17.7. The van der Waals surface area contributed by atoms with E-state index in [1.165, 1.54) is 19.3 Å². The van der Waals surface area contributed by atoms with Gasteiger partial charge in [0, 0.05) is 23.5 Å². The molecule has 1 amide bonds. The second-order valence-corrected chi connectivity index (χ2v) is 9.31. The number of alkyl halides is 3. The number of allylic oxidation sites excluding steroid dienone is 1. The van der Waals surface area contributed by atoms with Gasteiger partial charge in [-0.3, -0.25) is 4.65 Å². The number of carbonyl (C=O) groups excluding carboxylic acids is 1. The Morgan fingerprint density at radius 3 is 2.68 bits per heavy atom. The van der Waals surface area contributed by atoms with Crippen LogP contribution < -0.4 is 14.7 Å². The monoisotopic (exact) mass is 470 g/mol. The predicted octanol–water partition coefficient (Wildman–Crippen LogP) is 4.79. The number of likely N-dealkylation sites (N-methyl/N-ethyl adjacent to an activating group) is 1. The summed E-state index contributed by atoms with van der Waals surface area (Å²) < 4.78 is 44.9. The third-order valence-corrected chi connectivity index (χ3v) is 7.05. The van der Waals surface area contributed by atoms with Crippen LogP contribution in [0, 0.1) is 28.9 Å². The molecule has 1 saturated carbocycles. The molecule has 34 heavy (non-hydrogen) atoms. The highest BCUT2D eigenvalue weighted by Crippen LogP contribution is 2.58. The first-order valence-electron chi connectivity index (χ1n) is 10.7. The van der Waals surface area contributed by atoms with Crippen LogP contribution in [0.1, 0.15) is 47.9 Å². The topological polar surface area (TPSA) is 98.1 Å². The van der Waals surface area contributed by atoms with Crippen LogP contribution in [0.4, 0.5) is 24.5 Å². The molecule has 5 rings (SSSR count). The number of hydrogen-bond acceptors (Lipinski definition) is 6. The van der Waals surface area contributed by atoms with E-state index in [9.17, 15) is 28.4 Å². The van der Waals surface area contributed by atoms with Gasteiger partial charge in [0.15, 0.2) is 0 Å². The van der Waals surface area contributed by atoms with Gasteiger partial charge in [-0.15, -0.1) is 0 Å². The van der Waals surface area contributed by atoms with Crippen molar-refractivity contribution in [2.24, 2.45) is 5.41 Å². The van der Waals surface area contributed by atoms with Gasteiger partial charge in [-0.2, -0.15) is 18.4 Å². The maximum atomic E-state index is 13.5. The molecule has 0 saturated heterocycles. The molecular formula is C24H21F3N4O3. The molecule has 1 fully saturated rings. The number of nitrogens with zero attached hydrogens (tertiary/aromatic N) is 3. The smallest absolute Gasteiger partial charge is 0.397 e. The predicted molar refractivity (Wildman–Crippen MR) is 118 cm³/mol. The van der Waals surface area contributed by atoms with Gasteiger partial charge in [-0.25, -0.2) is 9.78 Å². The third kappa shape index (κ3) is 3.04. The SMILES string of the molecule is CC1=C2C(=O)[N+](C)([O-])c3cc(C#N)ccc3C2c2c(OCC3(C(F)(F)F)CC3)ncc(C)c2N1. The molecule has 2 atom stereocenters. The number of aromatic nitrogens is 1. The van der Waals surface area contributed by atoms with Crippen LogP contribution in [0.25, 0.3) is 0 Å². The molecule has 0 radical (unpaired) electrons. The molecule has 1 aromatic carbocycles. The lowest BCUT2D eigenvalue weighted by molar-refractivity contribution is -0.194. The second-order valence-electron chi connectivity index (χ2n) is 9.31. The number of aryl methyl sites for hydroxylation is 1. The van der Waals surface area contributed by atoms with Crippen molar-refractivity contribution in [3.05, 3.63) is 63.1 Å². The molecule has 0 bridgehead atoms. The molecule has 2 aliphatic heterocycles. The number of carbonyl (C=O) groups is 1. The van der Waals surface area contributed by atoms with Gasteiger partial charge >= 0.3 is 12.1 Å². The number of fused-ring (bicyclic) bond motifs is 5. The molecule has 1 aromatic heterocycles. The van der Waals surface area contributed by atoms with Crippen LogP contribution in [0.3, 0.4) is 0 Å². The van der Waals surface area contributed by atoms with E-state index in [2.05, 4.69) is 10.3 Å². The van der Waals surface area contributed by atoms with Crippen LogP contribution in [-0.4, -0.2) is 30.7 Å². The molecule has 1 N–H and O–H groups in total. The number of nitriles is 1. The number of hydrogen-bond donors (Lipinski definition) is 1. The van der Waals surface area contributed by atoms with E-state index in [1.54, 1.807) is 26.0 Å². The fourth-order valence-electron chi connectivity index (χ4n) is 4.80. The number of benzene rings is 1. The number of halogens is 3. The van der Waals surface area contributed by atoms with E-state index >= 15 is 0 Å². The lowest BCUT2D eigenvalue weighted by atomic mass is 9.76. The lowest BCUT2D eigenvalue weighted by Crippen LogP contribution is -2.51. The number of rotatable bonds is 3. The molecule has 10 heteroatoms. The molecule has 2 unspecified atom stereocenters. The summed E-state index contributed by atoms with van der Waals surface area (Å²) in [7, 11) is 1.21. The normalized spacial score (nSPS) is 24.4. The van der Waals surface area contributed by atoms with Gasteiger partial charge in [0.25, 0.3) is 0 Å². The van der Waals surface area contributed by atoms with Crippen molar-refractivity contribution in [1.29, 1.82) is 5.26 Å². The Balaban J connectivity index is 1.69. The van der Waals surface area contributed by atoms with E-state index in [4.69, 9.17) is 4.74 Å². The Kier molecular flexibility index (Phi) is 4.63. The minimum absolute atomic E-state index is 0.0104. The number of amides is 1. The third-order valence-electron chi connectivity index (χ3n) is 7.05. The zero-order valence-corrected chi connectivity index (χ0v) is 18.7. The molecular weight excluding hydrogens is 449 g/mol. The summed E-state index contributed by atoms with van der Waals surface area (Å²) >= 11 is 0. The summed E-state index contributed by atoms with van der Waals surface area (Å²) in [6.45, 7) is 2.89. The molecule has 1 aliphatic carbocycles. The van der Waals surface area contributed by atoms with E-state index in [1.807, 2.05) is 6.07 Å². The summed E-state index contributed by atoms with van der Waals surface area (Å²) in [5, 5.41) is 25.9. The summed E-state index contributed by atoms with van der Waals surface area (Å²) in [5.41, 5.74) is 1.33. The fourth-order valence-corrected chi connectivity index (χ4v) is 4.80. The maximum Gasteiger partial charge on any atom is 0.397 e. The molecule has 0 spiro atoms. The van der Waals surface area contributed by atoms with Gasteiger partial charge < -0.3 is 15.3 Å². The fraction of sp³-hybridized carbons (Fsp3) is 0.375. The van der Waals surface area contributed by atoms with Crippen molar-refractivity contribution < 1.29 is 22.7 Å². The number of ether oxygens (including phenoxy) is 1. The van der Waals surface area contributed by atoms with Crippen molar-refractivity contribution in [3.63, 3.8) is 0 Å². The average Bonchev–Trinajstić information content (AvgIpc) is 3.58. The van der Waals surface area contributed by atoms with Crippen molar-refractivity contribution in [1.82, 2.24) is 9.63 Å². The number of nitrogens with one attached hydrogen (secondary N) is 1. The van der Waals surface area contributed by atoms with E-state index in [-0.39, 0.29) is 35.5 Å². The molecule has 3 heterocycles. The Bertz CT molecular complexity index is 1320. The Labute approximate surface area is 193 Å². The van der Waals surface area contributed by atoms with Gasteiger partial charge in [0.2, 0.25) is 5.88 Å². The first-order valence-corrected chi connectivity index (χ1v) is 10.7. The van der Waals surface area contributed by atoms with Crippen molar-refractivity contribution in [3.8, 4) is 11.9 Å². The van der Waals surface area contributed by atoms with Crippen LogP contribution in [-0.2, 0) is 4.79 Å². The Morgan fingerprint density at radius 2 is 2.06 bits per heavy atom. The minimum atomic E-state index is -4.39. The van der Waals surface area contributed by atoms with Crippen LogP contribution in [0.15, 0.2) is 35.7 Å². The van der Waals surface area contributed by atoms with Crippen molar-refractivity contribution >= 4 is 17.3 Å². The van der Waals surface area contributed by atoms with Gasteiger partial charge in [0.1, 0.15) is 17.7 Å². The Hall–Kier alpha value is -3.42. The zero-order valence-electron chi connectivity index (χ0n) is 18.7. The largest absolute Gasteiger partial charge is 0.620 e. The van der Waals surface area contributed by atoms with E-state index in [0.29, 0.717) is 28.1 Å². The highest BCUT2D eigenvalue weighted by molar-refractivity contribution is 6.09. The molecule has 7 nitrogen and oxygen atoms in total. The minimum Gasteiger partial charge on any atom is -0.620 e. The second kappa shape index (κ2) is 7.04. The van der Waals surface area contributed by atoms with Crippen LogP contribution in [0.2, 0.25) is 0 Å². The van der Waals surface area contributed by atoms with E-state index < -0.39 is 34.7 Å². The molecule has 176 valence electrons. The van der Waals surface area contributed by atoms with Gasteiger partial charge in [-0.05, 0) is 38.3 Å². The lowest BCUT2D eigenvalue weighted by Gasteiger charge is -2.45. The summed E-state index contributed by atoms with van der Waals surface area (Å²) in [6, 6.07) is 6.54. The number of pyridine rings is 1. The first-order chi connectivity index (χ1) is 15.9. The quantitative estimate of drug-likeness (QED) is 0.512. The zero-order chi connectivity index (χ0) is 24.6. The van der Waals surface area contributed by atoms with Crippen molar-refractivity contribution in [2.75, 3.05) is 19.0 Å². The maximum absolute atomic E-state index is 13.5. The van der Waals surface area contributed by atoms with Crippen LogP contribution in [0.5, 0.6) is 5.88 Å². The molecule has 2 aromatic rings. The highest BCUT2D eigenvalue weighted by atomic mass is 19.4. The standard InChI is InChI=1S/C24H21F3N4O3/c1-12-10-29-21(34-11-23(6-7-23)24(25,26)27)19-18-15-5-4-14(9-28)8-16(15)31(3,33)22(32)17(18)13(2)30-20(12)19/h4-5,8,10,18,30H,6-7,11H2,1-3H3. The summed E-state index contributed by atoms with van der Waals surface area (Å²) in [6.07, 6.45) is -2.91. The first kappa shape index (κ1) is 22.4. The molecule has 3 aliphatic rings. The van der Waals surface area contributed by atoms with E-state index in [0.717, 1.165) is 0 Å². The number of quaternary nitrogens is 1. The van der Waals surface area contributed by atoms with Crippen LogP contribution >= 0.6 is 0 Å². The van der Waals surface area contributed by atoms with Gasteiger partial charge in [-0.1, -0.05) is 6.07 Å². The summed E-state index contributed by atoms with van der Waals surface area (Å²) in [5.74, 6) is -1.50. The van der Waals surface area contributed by atoms with Crippen molar-refractivity contribution in [2.45, 2.75) is 38.8 Å². The number of hydroxylamine groups is 2. The number of anilines is 1. The Morgan fingerprint density at radius 1 is 1.35 bits per heavy atom. The highest BCUT2D eigenvalue weighted by Gasteiger charge is 2.64.